The highest BCUT2D eigenvalue weighted by Crippen LogP contribution is 2.24. The normalized spacial score (nSPS) is 16.4. The summed E-state index contributed by atoms with van der Waals surface area (Å²) in [5.41, 5.74) is 0.0125. The highest BCUT2D eigenvalue weighted by atomic mass is 19.2. The van der Waals surface area contributed by atoms with Crippen LogP contribution in [0.3, 0.4) is 0 Å². The van der Waals surface area contributed by atoms with Crippen LogP contribution < -0.4 is 4.90 Å². The Labute approximate surface area is 112 Å². The summed E-state index contributed by atoms with van der Waals surface area (Å²) in [6.07, 6.45) is 1.10. The number of nitriles is 1. The fourth-order valence-corrected chi connectivity index (χ4v) is 2.40. The number of hydrogen-bond donors (Lipinski definition) is 0. The maximum absolute atomic E-state index is 13.9. The number of anilines is 1. The Hall–Kier alpha value is -1.67. The SMILES string of the molecule is CCCN1CCN(c2ccc(C#N)c(F)c2F)CC1. The molecule has 0 spiro atoms. The lowest BCUT2D eigenvalue weighted by atomic mass is 10.1. The Bertz CT molecular complexity index is 488. The molecule has 0 amide bonds. The Morgan fingerprint density at radius 3 is 2.42 bits per heavy atom. The van der Waals surface area contributed by atoms with E-state index >= 15 is 0 Å². The molecule has 0 aliphatic carbocycles. The standard InChI is InChI=1S/C14H17F2N3/c1-2-5-18-6-8-19(9-7-18)12-4-3-11(10-17)13(15)14(12)16/h3-4H,2,5-9H2,1H3. The van der Waals surface area contributed by atoms with Crippen molar-refractivity contribution >= 4 is 5.69 Å². The van der Waals surface area contributed by atoms with Crippen LogP contribution in [0.4, 0.5) is 14.5 Å². The van der Waals surface area contributed by atoms with E-state index < -0.39 is 11.6 Å². The van der Waals surface area contributed by atoms with Gasteiger partial charge in [0.1, 0.15) is 6.07 Å². The molecule has 0 radical (unpaired) electrons. The van der Waals surface area contributed by atoms with Crippen molar-refractivity contribution in [3.63, 3.8) is 0 Å². The van der Waals surface area contributed by atoms with Crippen molar-refractivity contribution in [3.05, 3.63) is 29.3 Å². The highest BCUT2D eigenvalue weighted by Gasteiger charge is 2.21. The Balaban J connectivity index is 2.12. The quantitative estimate of drug-likeness (QED) is 0.840. The maximum atomic E-state index is 13.9. The van der Waals surface area contributed by atoms with Crippen molar-refractivity contribution in [2.75, 3.05) is 37.6 Å². The first kappa shape index (κ1) is 13.8. The first-order chi connectivity index (χ1) is 9.17. The summed E-state index contributed by atoms with van der Waals surface area (Å²) in [6.45, 7) is 6.24. The molecular formula is C14H17F2N3. The molecule has 19 heavy (non-hydrogen) atoms. The summed E-state index contributed by atoms with van der Waals surface area (Å²) < 4.78 is 27.5. The number of piperazine rings is 1. The van der Waals surface area contributed by atoms with Crippen LogP contribution in [0, 0.1) is 23.0 Å². The Morgan fingerprint density at radius 1 is 1.16 bits per heavy atom. The van der Waals surface area contributed by atoms with E-state index in [9.17, 15) is 8.78 Å². The summed E-state index contributed by atoms with van der Waals surface area (Å²) in [5, 5.41) is 8.66. The molecule has 1 heterocycles. The molecule has 1 fully saturated rings. The molecule has 1 aromatic rings. The van der Waals surface area contributed by atoms with E-state index in [-0.39, 0.29) is 11.3 Å². The van der Waals surface area contributed by atoms with Gasteiger partial charge in [-0.15, -0.1) is 0 Å². The molecule has 0 aromatic heterocycles. The lowest BCUT2D eigenvalue weighted by Crippen LogP contribution is -2.46. The molecule has 0 atom stereocenters. The monoisotopic (exact) mass is 265 g/mol. The van der Waals surface area contributed by atoms with Gasteiger partial charge in [0, 0.05) is 26.2 Å². The van der Waals surface area contributed by atoms with Crippen LogP contribution in [0.2, 0.25) is 0 Å². The van der Waals surface area contributed by atoms with Crippen molar-refractivity contribution < 1.29 is 8.78 Å². The van der Waals surface area contributed by atoms with Gasteiger partial charge in [-0.1, -0.05) is 6.92 Å². The number of benzene rings is 1. The molecule has 1 aliphatic heterocycles. The van der Waals surface area contributed by atoms with Gasteiger partial charge in [-0.05, 0) is 25.1 Å². The number of hydrogen-bond acceptors (Lipinski definition) is 3. The summed E-state index contributed by atoms with van der Waals surface area (Å²) in [5.74, 6) is -1.96. The van der Waals surface area contributed by atoms with E-state index in [2.05, 4.69) is 11.8 Å². The minimum Gasteiger partial charge on any atom is -0.367 e. The minimum atomic E-state index is -1.05. The highest BCUT2D eigenvalue weighted by molar-refractivity contribution is 5.52. The van der Waals surface area contributed by atoms with E-state index in [1.54, 1.807) is 6.07 Å². The van der Waals surface area contributed by atoms with Gasteiger partial charge in [0.05, 0.1) is 11.3 Å². The van der Waals surface area contributed by atoms with Crippen molar-refractivity contribution in [1.29, 1.82) is 5.26 Å². The van der Waals surface area contributed by atoms with Crippen molar-refractivity contribution in [1.82, 2.24) is 4.90 Å². The molecule has 1 aliphatic rings. The lowest BCUT2D eigenvalue weighted by molar-refractivity contribution is 0.257. The zero-order chi connectivity index (χ0) is 13.8. The van der Waals surface area contributed by atoms with Gasteiger partial charge < -0.3 is 4.90 Å². The molecule has 0 unspecified atom stereocenters. The fraction of sp³-hybridized carbons (Fsp3) is 0.500. The Morgan fingerprint density at radius 2 is 1.84 bits per heavy atom. The maximum Gasteiger partial charge on any atom is 0.183 e. The molecule has 2 rings (SSSR count). The van der Waals surface area contributed by atoms with E-state index in [4.69, 9.17) is 5.26 Å². The van der Waals surface area contributed by atoms with Crippen molar-refractivity contribution in [2.24, 2.45) is 0 Å². The Kier molecular flexibility index (Phi) is 4.33. The minimum absolute atomic E-state index is 0.245. The van der Waals surface area contributed by atoms with Gasteiger partial charge in [0.15, 0.2) is 11.6 Å². The second-order valence-electron chi connectivity index (χ2n) is 4.70. The third kappa shape index (κ3) is 2.85. The molecule has 102 valence electrons. The number of nitrogens with zero attached hydrogens (tertiary/aromatic N) is 3. The third-order valence-electron chi connectivity index (χ3n) is 3.44. The summed E-state index contributed by atoms with van der Waals surface area (Å²) in [7, 11) is 0. The number of halogens is 2. The van der Waals surface area contributed by atoms with Crippen LogP contribution in [0.5, 0.6) is 0 Å². The third-order valence-corrected chi connectivity index (χ3v) is 3.44. The van der Waals surface area contributed by atoms with Crippen molar-refractivity contribution in [3.8, 4) is 6.07 Å². The lowest BCUT2D eigenvalue weighted by Gasteiger charge is -2.36. The van der Waals surface area contributed by atoms with Gasteiger partial charge in [-0.25, -0.2) is 8.78 Å². The van der Waals surface area contributed by atoms with Gasteiger partial charge >= 0.3 is 0 Å². The van der Waals surface area contributed by atoms with Crippen LogP contribution >= 0.6 is 0 Å². The summed E-state index contributed by atoms with van der Waals surface area (Å²) in [6, 6.07) is 4.48. The average Bonchev–Trinajstić information content (AvgIpc) is 2.43. The van der Waals surface area contributed by atoms with Gasteiger partial charge in [0.25, 0.3) is 0 Å². The molecular weight excluding hydrogens is 248 g/mol. The summed E-state index contributed by atoms with van der Waals surface area (Å²) >= 11 is 0. The van der Waals surface area contributed by atoms with Crippen LogP contribution in [0.1, 0.15) is 18.9 Å². The predicted octanol–water partition coefficient (Wildman–Crippen LogP) is 2.37. The topological polar surface area (TPSA) is 30.3 Å². The summed E-state index contributed by atoms with van der Waals surface area (Å²) in [4.78, 5) is 4.15. The second-order valence-corrected chi connectivity index (χ2v) is 4.70. The van der Waals surface area contributed by atoms with Crippen LogP contribution in [-0.2, 0) is 0 Å². The van der Waals surface area contributed by atoms with Gasteiger partial charge in [0.2, 0.25) is 0 Å². The smallest absolute Gasteiger partial charge is 0.183 e. The van der Waals surface area contributed by atoms with Crippen LogP contribution in [0.15, 0.2) is 12.1 Å². The van der Waals surface area contributed by atoms with Crippen molar-refractivity contribution in [2.45, 2.75) is 13.3 Å². The van der Waals surface area contributed by atoms with E-state index in [0.29, 0.717) is 13.1 Å². The van der Waals surface area contributed by atoms with E-state index in [1.165, 1.54) is 12.1 Å². The molecule has 5 heteroatoms. The zero-order valence-corrected chi connectivity index (χ0v) is 11.0. The van der Waals surface area contributed by atoms with E-state index in [0.717, 1.165) is 26.1 Å². The molecule has 0 N–H and O–H groups in total. The zero-order valence-electron chi connectivity index (χ0n) is 11.0. The molecule has 1 saturated heterocycles. The van der Waals surface area contributed by atoms with Crippen LogP contribution in [0.25, 0.3) is 0 Å². The predicted molar refractivity (Wildman–Crippen MR) is 70.0 cm³/mol. The molecule has 0 bridgehead atoms. The fourth-order valence-electron chi connectivity index (χ4n) is 2.40. The van der Waals surface area contributed by atoms with Gasteiger partial charge in [-0.3, -0.25) is 4.90 Å². The molecule has 1 aromatic carbocycles. The first-order valence-electron chi connectivity index (χ1n) is 6.52. The molecule has 3 nitrogen and oxygen atoms in total. The van der Waals surface area contributed by atoms with Gasteiger partial charge in [-0.2, -0.15) is 5.26 Å². The largest absolute Gasteiger partial charge is 0.367 e. The average molecular weight is 265 g/mol. The second kappa shape index (κ2) is 5.98. The van der Waals surface area contributed by atoms with Crippen LogP contribution in [-0.4, -0.2) is 37.6 Å². The van der Waals surface area contributed by atoms with E-state index in [1.807, 2.05) is 4.90 Å². The molecule has 0 saturated carbocycles. The first-order valence-corrected chi connectivity index (χ1v) is 6.52. The number of rotatable bonds is 3.